The molecular formula is C28H23Cl2N3O4. The first-order chi connectivity index (χ1) is 18.1. The molecule has 6 rings (SSSR count). The normalized spacial score (nSPS) is 19.6. The summed E-state index contributed by atoms with van der Waals surface area (Å²) in [5, 5.41) is 1.03. The highest BCUT2D eigenvalue weighted by molar-refractivity contribution is 6.35. The summed E-state index contributed by atoms with van der Waals surface area (Å²) in [5.41, 5.74) is 4.27. The van der Waals surface area contributed by atoms with Crippen LogP contribution in [0.3, 0.4) is 0 Å². The molecule has 0 radical (unpaired) electrons. The van der Waals surface area contributed by atoms with E-state index in [4.69, 9.17) is 41.8 Å². The molecule has 0 amide bonds. The van der Waals surface area contributed by atoms with E-state index in [1.165, 1.54) is 0 Å². The zero-order chi connectivity index (χ0) is 25.2. The van der Waals surface area contributed by atoms with Gasteiger partial charge in [0.1, 0.15) is 11.6 Å². The monoisotopic (exact) mass is 535 g/mol. The molecule has 0 N–H and O–H groups in total. The largest absolute Gasteiger partial charge is 0.436 e. The molecule has 2 atom stereocenters. The average molecular weight is 536 g/mol. The van der Waals surface area contributed by atoms with Crippen molar-refractivity contribution in [3.05, 3.63) is 107 Å². The number of hydrogen-bond donors (Lipinski definition) is 0. The van der Waals surface area contributed by atoms with Crippen LogP contribution in [-0.4, -0.2) is 33.9 Å². The van der Waals surface area contributed by atoms with Crippen LogP contribution < -0.4 is 0 Å². The van der Waals surface area contributed by atoms with Crippen LogP contribution in [0.25, 0.3) is 22.6 Å². The number of halogens is 2. The van der Waals surface area contributed by atoms with Crippen LogP contribution >= 0.6 is 23.2 Å². The number of nitrogens with zero attached hydrogens (tertiary/aromatic N) is 3. The van der Waals surface area contributed by atoms with E-state index >= 15 is 0 Å². The zero-order valence-electron chi connectivity index (χ0n) is 19.7. The number of benzene rings is 3. The lowest BCUT2D eigenvalue weighted by Crippen LogP contribution is -2.34. The van der Waals surface area contributed by atoms with Gasteiger partial charge in [-0.3, -0.25) is 0 Å². The van der Waals surface area contributed by atoms with Crippen molar-refractivity contribution >= 4 is 34.3 Å². The summed E-state index contributed by atoms with van der Waals surface area (Å²) < 4.78 is 26.4. The first-order valence-electron chi connectivity index (χ1n) is 11.8. The van der Waals surface area contributed by atoms with Gasteiger partial charge >= 0.3 is 0 Å². The molecule has 0 bridgehead atoms. The van der Waals surface area contributed by atoms with Crippen LogP contribution in [-0.2, 0) is 33.1 Å². The molecule has 1 fully saturated rings. The molecule has 3 heterocycles. The smallest absolute Gasteiger partial charge is 0.227 e. The molecule has 7 nitrogen and oxygen atoms in total. The molecule has 5 aromatic rings. The van der Waals surface area contributed by atoms with E-state index < -0.39 is 5.79 Å². The Balaban J connectivity index is 1.10. The SMILES string of the molecule is Clc1ccc([C@]2(Cn3ccnc3)OC[C@@H](COCc3ccc(-c4nc5ccccc5o4)cc3)O2)c(Cl)c1. The van der Waals surface area contributed by atoms with Gasteiger partial charge in [0, 0.05) is 28.5 Å². The molecule has 188 valence electrons. The molecule has 3 aromatic carbocycles. The lowest BCUT2D eigenvalue weighted by Gasteiger charge is -2.30. The maximum Gasteiger partial charge on any atom is 0.227 e. The second kappa shape index (κ2) is 10.3. The van der Waals surface area contributed by atoms with Crippen molar-refractivity contribution in [2.45, 2.75) is 25.0 Å². The summed E-state index contributed by atoms with van der Waals surface area (Å²) >= 11 is 12.7. The van der Waals surface area contributed by atoms with Gasteiger partial charge in [-0.1, -0.05) is 53.5 Å². The standard InChI is InChI=1S/C28H23Cl2N3O4/c29-21-9-10-23(24(30)13-21)28(17-33-12-11-31-18-33)35-16-22(37-28)15-34-14-19-5-7-20(8-6-19)27-32-25-3-1-2-4-26(25)36-27/h1-13,18,22H,14-17H2/t22-,28-/m1/s1. The van der Waals surface area contributed by atoms with Gasteiger partial charge in [0.25, 0.3) is 0 Å². The minimum atomic E-state index is -1.07. The van der Waals surface area contributed by atoms with Crippen molar-refractivity contribution in [2.24, 2.45) is 0 Å². The quantitative estimate of drug-likeness (QED) is 0.226. The number of rotatable bonds is 8. The molecule has 0 spiro atoms. The fraction of sp³-hybridized carbons (Fsp3) is 0.214. The van der Waals surface area contributed by atoms with E-state index in [1.807, 2.05) is 65.4 Å². The average Bonchev–Trinajstić information content (AvgIpc) is 3.65. The van der Waals surface area contributed by atoms with E-state index in [0.717, 1.165) is 22.2 Å². The number of para-hydroxylation sites is 2. The molecule has 37 heavy (non-hydrogen) atoms. The van der Waals surface area contributed by atoms with Crippen molar-refractivity contribution in [2.75, 3.05) is 13.2 Å². The van der Waals surface area contributed by atoms with Gasteiger partial charge in [-0.15, -0.1) is 0 Å². The third-order valence-corrected chi connectivity index (χ3v) is 6.77. The third kappa shape index (κ3) is 5.14. The highest BCUT2D eigenvalue weighted by Crippen LogP contribution is 2.40. The Morgan fingerprint density at radius 2 is 1.92 bits per heavy atom. The number of aromatic nitrogens is 3. The second-order valence-electron chi connectivity index (χ2n) is 8.86. The van der Waals surface area contributed by atoms with Crippen LogP contribution in [0.4, 0.5) is 0 Å². The molecule has 1 saturated heterocycles. The van der Waals surface area contributed by atoms with Gasteiger partial charge in [-0.2, -0.15) is 0 Å². The maximum absolute atomic E-state index is 6.54. The van der Waals surface area contributed by atoms with Crippen LogP contribution in [0.2, 0.25) is 10.0 Å². The van der Waals surface area contributed by atoms with E-state index in [-0.39, 0.29) is 6.10 Å². The zero-order valence-corrected chi connectivity index (χ0v) is 21.2. The summed E-state index contributed by atoms with van der Waals surface area (Å²) in [7, 11) is 0. The summed E-state index contributed by atoms with van der Waals surface area (Å²) in [6.07, 6.45) is 5.01. The predicted octanol–water partition coefficient (Wildman–Crippen LogP) is 6.48. The highest BCUT2D eigenvalue weighted by atomic mass is 35.5. The molecule has 9 heteroatoms. The number of fused-ring (bicyclic) bond motifs is 1. The summed E-state index contributed by atoms with van der Waals surface area (Å²) in [4.78, 5) is 8.68. The van der Waals surface area contributed by atoms with Crippen LogP contribution in [0, 0.1) is 0 Å². The van der Waals surface area contributed by atoms with Crippen molar-refractivity contribution in [1.29, 1.82) is 0 Å². The van der Waals surface area contributed by atoms with E-state index in [0.29, 0.717) is 47.9 Å². The first kappa shape index (κ1) is 24.2. The minimum Gasteiger partial charge on any atom is -0.436 e. The summed E-state index contributed by atoms with van der Waals surface area (Å²) in [5.74, 6) is -0.474. The number of ether oxygens (including phenoxy) is 3. The Bertz CT molecular complexity index is 1470. The Kier molecular flexibility index (Phi) is 6.71. The maximum atomic E-state index is 6.54. The summed E-state index contributed by atoms with van der Waals surface area (Å²) in [6, 6.07) is 21.0. The lowest BCUT2D eigenvalue weighted by molar-refractivity contribution is -0.191. The van der Waals surface area contributed by atoms with Crippen LogP contribution in [0.5, 0.6) is 0 Å². The first-order valence-corrected chi connectivity index (χ1v) is 12.6. The van der Waals surface area contributed by atoms with Gasteiger partial charge < -0.3 is 23.2 Å². The number of imidazole rings is 1. The van der Waals surface area contributed by atoms with Crippen molar-refractivity contribution < 1.29 is 18.6 Å². The number of oxazole rings is 1. The van der Waals surface area contributed by atoms with Crippen molar-refractivity contribution in [1.82, 2.24) is 14.5 Å². The van der Waals surface area contributed by atoms with Gasteiger partial charge in [-0.25, -0.2) is 9.97 Å². The molecule has 0 unspecified atom stereocenters. The second-order valence-corrected chi connectivity index (χ2v) is 9.71. The van der Waals surface area contributed by atoms with Gasteiger partial charge in [-0.05, 0) is 42.0 Å². The molecular weight excluding hydrogens is 513 g/mol. The van der Waals surface area contributed by atoms with E-state index in [2.05, 4.69) is 9.97 Å². The summed E-state index contributed by atoms with van der Waals surface area (Å²) in [6.45, 7) is 1.56. The Hall–Kier alpha value is -3.20. The van der Waals surface area contributed by atoms with Gasteiger partial charge in [0.2, 0.25) is 11.7 Å². The Morgan fingerprint density at radius 1 is 1.05 bits per heavy atom. The topological polar surface area (TPSA) is 71.5 Å². The Morgan fingerprint density at radius 3 is 2.70 bits per heavy atom. The van der Waals surface area contributed by atoms with Crippen LogP contribution in [0.15, 0.2) is 89.9 Å². The van der Waals surface area contributed by atoms with Crippen molar-refractivity contribution in [3.63, 3.8) is 0 Å². The number of hydrogen-bond acceptors (Lipinski definition) is 6. The van der Waals surface area contributed by atoms with E-state index in [9.17, 15) is 0 Å². The highest BCUT2D eigenvalue weighted by Gasteiger charge is 2.45. The molecule has 1 aliphatic heterocycles. The van der Waals surface area contributed by atoms with Gasteiger partial charge in [0.05, 0.1) is 37.7 Å². The third-order valence-electron chi connectivity index (χ3n) is 6.22. The Labute approximate surface area is 223 Å². The van der Waals surface area contributed by atoms with Gasteiger partial charge in [0.15, 0.2) is 5.58 Å². The molecule has 1 aliphatic rings. The fourth-order valence-electron chi connectivity index (χ4n) is 4.42. The fourth-order valence-corrected chi connectivity index (χ4v) is 4.98. The minimum absolute atomic E-state index is 0.269. The van der Waals surface area contributed by atoms with Crippen LogP contribution in [0.1, 0.15) is 11.1 Å². The van der Waals surface area contributed by atoms with Crippen molar-refractivity contribution in [3.8, 4) is 11.5 Å². The molecule has 0 saturated carbocycles. The molecule has 2 aromatic heterocycles. The predicted molar refractivity (Wildman–Crippen MR) is 140 cm³/mol. The molecule has 0 aliphatic carbocycles. The van der Waals surface area contributed by atoms with E-state index in [1.54, 1.807) is 24.7 Å². The lowest BCUT2D eigenvalue weighted by atomic mass is 10.1.